The predicted molar refractivity (Wildman–Crippen MR) is 101 cm³/mol. The van der Waals surface area contributed by atoms with Crippen LogP contribution in [0.25, 0.3) is 0 Å². The third-order valence-electron chi connectivity index (χ3n) is 4.32. The van der Waals surface area contributed by atoms with E-state index in [0.717, 1.165) is 44.3 Å². The number of nitrogens with zero attached hydrogens (tertiary/aromatic N) is 1. The lowest BCUT2D eigenvalue weighted by Gasteiger charge is -2.19. The highest BCUT2D eigenvalue weighted by molar-refractivity contribution is 7.12. The largest absolute Gasteiger partial charge is 0.461 e. The molecule has 1 aliphatic rings. The number of likely N-dealkylation sites (tertiary alicyclic amines) is 1. The number of hydrogen-bond acceptors (Lipinski definition) is 6. The van der Waals surface area contributed by atoms with Gasteiger partial charge in [-0.1, -0.05) is 12.8 Å². The molecule has 0 bridgehead atoms. The van der Waals surface area contributed by atoms with Gasteiger partial charge in [-0.05, 0) is 63.2 Å². The van der Waals surface area contributed by atoms with Gasteiger partial charge in [-0.25, -0.2) is 4.79 Å². The average molecular weight is 368 g/mol. The first-order chi connectivity index (χ1) is 12.1. The Kier molecular flexibility index (Phi) is 8.37. The van der Waals surface area contributed by atoms with Gasteiger partial charge in [0.05, 0.1) is 18.8 Å². The third-order valence-corrected chi connectivity index (χ3v) is 5.40. The van der Waals surface area contributed by atoms with Crippen LogP contribution in [0.4, 0.5) is 5.69 Å². The summed E-state index contributed by atoms with van der Waals surface area (Å²) in [5, 5.41) is 4.79. The number of amides is 1. The predicted octanol–water partition coefficient (Wildman–Crippen LogP) is 2.77. The maximum Gasteiger partial charge on any atom is 0.350 e. The maximum absolute atomic E-state index is 12.4. The Bertz CT molecular complexity index is 566. The van der Waals surface area contributed by atoms with Crippen molar-refractivity contribution in [3.8, 4) is 0 Å². The minimum absolute atomic E-state index is 0.0689. The van der Waals surface area contributed by atoms with E-state index in [1.807, 2.05) is 12.3 Å². The molecule has 0 aliphatic carbocycles. The molecule has 7 heteroatoms. The lowest BCUT2D eigenvalue weighted by atomic mass is 10.2. The van der Waals surface area contributed by atoms with E-state index in [4.69, 9.17) is 10.5 Å². The van der Waals surface area contributed by atoms with E-state index in [-0.39, 0.29) is 11.9 Å². The monoisotopic (exact) mass is 367 g/mol. The molecule has 0 radical (unpaired) electrons. The van der Waals surface area contributed by atoms with Crippen LogP contribution in [0.2, 0.25) is 0 Å². The Hall–Kier alpha value is -1.44. The van der Waals surface area contributed by atoms with Gasteiger partial charge < -0.3 is 15.8 Å². The highest BCUT2D eigenvalue weighted by Gasteiger charge is 2.20. The van der Waals surface area contributed by atoms with Gasteiger partial charge >= 0.3 is 5.97 Å². The Balaban J connectivity index is 1.91. The SMILES string of the molecule is Cc1csc(C(=O)OCCCCN)c1NC(=O)CN1CCCCCC1. The molecule has 2 rings (SSSR count). The van der Waals surface area contributed by atoms with E-state index >= 15 is 0 Å². The van der Waals surface area contributed by atoms with Gasteiger partial charge in [0.15, 0.2) is 0 Å². The average Bonchev–Trinajstić information content (AvgIpc) is 2.79. The number of unbranched alkanes of at least 4 members (excludes halogenated alkanes) is 1. The molecule has 0 unspecified atom stereocenters. The standard InChI is InChI=1S/C18H29N3O3S/c1-14-13-25-17(18(23)24-11-7-4-8-19)16(14)20-15(22)12-21-9-5-2-3-6-10-21/h13H,2-12,19H2,1H3,(H,20,22). The zero-order valence-electron chi connectivity index (χ0n) is 15.0. The number of carbonyl (C=O) groups excluding carboxylic acids is 2. The highest BCUT2D eigenvalue weighted by Crippen LogP contribution is 2.28. The van der Waals surface area contributed by atoms with Crippen molar-refractivity contribution in [1.82, 2.24) is 4.90 Å². The van der Waals surface area contributed by atoms with Crippen LogP contribution in [-0.2, 0) is 9.53 Å². The van der Waals surface area contributed by atoms with Crippen molar-refractivity contribution in [3.05, 3.63) is 15.8 Å². The van der Waals surface area contributed by atoms with E-state index in [9.17, 15) is 9.59 Å². The van der Waals surface area contributed by atoms with Gasteiger partial charge in [0.25, 0.3) is 0 Å². The molecule has 6 nitrogen and oxygen atoms in total. The molecule has 0 spiro atoms. The first-order valence-electron chi connectivity index (χ1n) is 9.09. The summed E-state index contributed by atoms with van der Waals surface area (Å²) in [5.74, 6) is -0.444. The van der Waals surface area contributed by atoms with Crippen molar-refractivity contribution < 1.29 is 14.3 Å². The van der Waals surface area contributed by atoms with Gasteiger partial charge in [-0.15, -0.1) is 11.3 Å². The number of nitrogens with two attached hydrogens (primary N) is 1. The molecule has 1 aliphatic heterocycles. The number of hydrogen-bond donors (Lipinski definition) is 2. The number of anilines is 1. The van der Waals surface area contributed by atoms with E-state index in [1.54, 1.807) is 0 Å². The zero-order chi connectivity index (χ0) is 18.1. The van der Waals surface area contributed by atoms with E-state index in [2.05, 4.69) is 10.2 Å². The van der Waals surface area contributed by atoms with Gasteiger partial charge in [-0.3, -0.25) is 9.69 Å². The molecule has 1 aromatic rings. The van der Waals surface area contributed by atoms with Crippen LogP contribution < -0.4 is 11.1 Å². The van der Waals surface area contributed by atoms with E-state index in [1.165, 1.54) is 24.2 Å². The fourth-order valence-corrected chi connectivity index (χ4v) is 3.80. The molecule has 1 amide bonds. The van der Waals surface area contributed by atoms with Crippen LogP contribution in [-0.4, -0.2) is 49.6 Å². The lowest BCUT2D eigenvalue weighted by molar-refractivity contribution is -0.117. The summed E-state index contributed by atoms with van der Waals surface area (Å²) in [6.07, 6.45) is 6.35. The van der Waals surface area contributed by atoms with Crippen molar-refractivity contribution in [1.29, 1.82) is 0 Å². The minimum atomic E-state index is -0.375. The van der Waals surface area contributed by atoms with Crippen LogP contribution in [0.5, 0.6) is 0 Å². The summed E-state index contributed by atoms with van der Waals surface area (Å²) >= 11 is 1.31. The Morgan fingerprint density at radius 3 is 2.64 bits per heavy atom. The summed E-state index contributed by atoms with van der Waals surface area (Å²) in [6.45, 7) is 5.14. The summed E-state index contributed by atoms with van der Waals surface area (Å²) in [7, 11) is 0. The summed E-state index contributed by atoms with van der Waals surface area (Å²) < 4.78 is 5.29. The lowest BCUT2D eigenvalue weighted by Crippen LogP contribution is -2.34. The second kappa shape index (κ2) is 10.5. The maximum atomic E-state index is 12.4. The number of thiophene rings is 1. The second-order valence-corrected chi connectivity index (χ2v) is 7.37. The van der Waals surface area contributed by atoms with Crippen LogP contribution in [0.3, 0.4) is 0 Å². The second-order valence-electron chi connectivity index (χ2n) is 6.49. The first kappa shape index (κ1) is 19.9. The molecule has 1 fully saturated rings. The van der Waals surface area contributed by atoms with Crippen LogP contribution in [0.1, 0.15) is 53.8 Å². The fraction of sp³-hybridized carbons (Fsp3) is 0.667. The van der Waals surface area contributed by atoms with Gasteiger partial charge in [0.1, 0.15) is 4.88 Å². The molecule has 3 N–H and O–H groups in total. The Labute approximate surface area is 153 Å². The molecule has 0 saturated carbocycles. The number of carbonyl (C=O) groups is 2. The first-order valence-corrected chi connectivity index (χ1v) is 9.97. The van der Waals surface area contributed by atoms with E-state index < -0.39 is 0 Å². The number of nitrogens with one attached hydrogen (secondary N) is 1. The fourth-order valence-electron chi connectivity index (χ4n) is 2.90. The topological polar surface area (TPSA) is 84.7 Å². The number of aryl methyl sites for hydroxylation is 1. The summed E-state index contributed by atoms with van der Waals surface area (Å²) in [5.41, 5.74) is 6.92. The molecular formula is C18H29N3O3S. The summed E-state index contributed by atoms with van der Waals surface area (Å²) in [4.78, 5) is 27.3. The molecule has 0 atom stereocenters. The molecule has 1 aromatic heterocycles. The van der Waals surface area contributed by atoms with E-state index in [0.29, 0.717) is 30.3 Å². The number of esters is 1. The Morgan fingerprint density at radius 1 is 1.24 bits per heavy atom. The van der Waals surface area contributed by atoms with Crippen molar-refractivity contribution in [2.45, 2.75) is 45.4 Å². The highest BCUT2D eigenvalue weighted by atomic mass is 32.1. The third kappa shape index (κ3) is 6.41. The van der Waals surface area contributed by atoms with Crippen molar-refractivity contribution in [2.75, 3.05) is 38.1 Å². The number of ether oxygens (including phenoxy) is 1. The number of rotatable bonds is 8. The van der Waals surface area contributed by atoms with Gasteiger partial charge in [0, 0.05) is 0 Å². The van der Waals surface area contributed by atoms with Crippen molar-refractivity contribution in [2.24, 2.45) is 5.73 Å². The zero-order valence-corrected chi connectivity index (χ0v) is 15.8. The van der Waals surface area contributed by atoms with Crippen molar-refractivity contribution in [3.63, 3.8) is 0 Å². The summed E-state index contributed by atoms with van der Waals surface area (Å²) in [6, 6.07) is 0. The van der Waals surface area contributed by atoms with Crippen molar-refractivity contribution >= 4 is 28.9 Å². The van der Waals surface area contributed by atoms with Gasteiger partial charge in [-0.2, -0.15) is 0 Å². The molecule has 140 valence electrons. The van der Waals surface area contributed by atoms with Crippen LogP contribution in [0, 0.1) is 6.92 Å². The molecule has 25 heavy (non-hydrogen) atoms. The molecule has 0 aromatic carbocycles. The quantitative estimate of drug-likeness (QED) is 0.545. The van der Waals surface area contributed by atoms with Crippen LogP contribution >= 0.6 is 11.3 Å². The molecule has 2 heterocycles. The van der Waals surface area contributed by atoms with Gasteiger partial charge in [0.2, 0.25) is 5.91 Å². The normalized spacial score (nSPS) is 15.6. The molecule has 1 saturated heterocycles. The Morgan fingerprint density at radius 2 is 1.96 bits per heavy atom. The van der Waals surface area contributed by atoms with Crippen LogP contribution in [0.15, 0.2) is 5.38 Å². The smallest absolute Gasteiger partial charge is 0.350 e. The molecular weight excluding hydrogens is 338 g/mol. The minimum Gasteiger partial charge on any atom is -0.461 e.